The highest BCUT2D eigenvalue weighted by atomic mass is 16.5. The number of hydrogen-bond acceptors (Lipinski definition) is 5. The number of benzene rings is 1. The fraction of sp³-hybridized carbons (Fsp3) is 0.500. The predicted molar refractivity (Wildman–Crippen MR) is 92.4 cm³/mol. The van der Waals surface area contributed by atoms with E-state index in [1.807, 2.05) is 33.7 Å². The zero-order valence-electron chi connectivity index (χ0n) is 14.5. The molecule has 7 nitrogen and oxygen atoms in total. The molecule has 3 rings (SSSR count). The summed E-state index contributed by atoms with van der Waals surface area (Å²) < 4.78 is 12.9. The van der Waals surface area contributed by atoms with Gasteiger partial charge in [-0.05, 0) is 25.0 Å². The van der Waals surface area contributed by atoms with Gasteiger partial charge in [0.1, 0.15) is 24.2 Å². The zero-order valence-corrected chi connectivity index (χ0v) is 14.5. The number of piperidine rings is 1. The molecule has 1 unspecified atom stereocenters. The first-order valence-electron chi connectivity index (χ1n) is 8.61. The third-order valence-corrected chi connectivity index (χ3v) is 4.45. The third kappa shape index (κ3) is 4.95. The standard InChI is InChI=1S/C18H24N4O3/c1-24-16-5-2-6-17(10-16)25-12-15-4-3-8-22(11-15)18(23)7-9-21-13-19-20-14-21/h2,5-6,10,13-15H,3-4,7-9,11-12H2,1H3. The number of carbonyl (C=O) groups is 1. The van der Waals surface area contributed by atoms with Gasteiger partial charge in [-0.15, -0.1) is 10.2 Å². The highest BCUT2D eigenvalue weighted by Crippen LogP contribution is 2.22. The second-order valence-corrected chi connectivity index (χ2v) is 6.29. The summed E-state index contributed by atoms with van der Waals surface area (Å²) in [6.45, 7) is 2.82. The molecule has 1 fully saturated rings. The molecule has 25 heavy (non-hydrogen) atoms. The number of rotatable bonds is 7. The summed E-state index contributed by atoms with van der Waals surface area (Å²) in [5.74, 6) is 2.13. The van der Waals surface area contributed by atoms with Crippen molar-refractivity contribution in [3.63, 3.8) is 0 Å². The molecule has 1 saturated heterocycles. The van der Waals surface area contributed by atoms with E-state index in [4.69, 9.17) is 9.47 Å². The lowest BCUT2D eigenvalue weighted by molar-refractivity contribution is -0.133. The van der Waals surface area contributed by atoms with Crippen molar-refractivity contribution in [2.45, 2.75) is 25.8 Å². The van der Waals surface area contributed by atoms with Crippen LogP contribution in [0.25, 0.3) is 0 Å². The van der Waals surface area contributed by atoms with Gasteiger partial charge in [0.2, 0.25) is 5.91 Å². The average molecular weight is 344 g/mol. The maximum Gasteiger partial charge on any atom is 0.224 e. The zero-order chi connectivity index (χ0) is 17.5. The van der Waals surface area contributed by atoms with E-state index >= 15 is 0 Å². The number of carbonyl (C=O) groups excluding carboxylic acids is 1. The molecule has 2 aromatic rings. The van der Waals surface area contributed by atoms with Crippen molar-refractivity contribution in [1.82, 2.24) is 19.7 Å². The first kappa shape index (κ1) is 17.3. The summed E-state index contributed by atoms with van der Waals surface area (Å²) in [5, 5.41) is 7.51. The lowest BCUT2D eigenvalue weighted by Crippen LogP contribution is -2.41. The van der Waals surface area contributed by atoms with Crippen LogP contribution in [0.5, 0.6) is 11.5 Å². The van der Waals surface area contributed by atoms with Crippen LogP contribution in [0.15, 0.2) is 36.9 Å². The number of amides is 1. The van der Waals surface area contributed by atoms with E-state index in [0.717, 1.165) is 37.4 Å². The van der Waals surface area contributed by atoms with E-state index in [2.05, 4.69) is 10.2 Å². The largest absolute Gasteiger partial charge is 0.497 e. The number of hydrogen-bond donors (Lipinski definition) is 0. The van der Waals surface area contributed by atoms with E-state index in [1.165, 1.54) is 0 Å². The highest BCUT2D eigenvalue weighted by molar-refractivity contribution is 5.76. The molecule has 1 aliphatic rings. The molecule has 134 valence electrons. The molecule has 1 aliphatic heterocycles. The van der Waals surface area contributed by atoms with Gasteiger partial charge in [0.25, 0.3) is 0 Å². The van der Waals surface area contributed by atoms with Crippen molar-refractivity contribution in [3.8, 4) is 11.5 Å². The lowest BCUT2D eigenvalue weighted by atomic mass is 9.98. The lowest BCUT2D eigenvalue weighted by Gasteiger charge is -2.32. The van der Waals surface area contributed by atoms with Crippen molar-refractivity contribution in [3.05, 3.63) is 36.9 Å². The van der Waals surface area contributed by atoms with Crippen LogP contribution in [0.2, 0.25) is 0 Å². The van der Waals surface area contributed by atoms with Gasteiger partial charge in [-0.25, -0.2) is 0 Å². The average Bonchev–Trinajstić information content (AvgIpc) is 3.18. The maximum absolute atomic E-state index is 12.4. The summed E-state index contributed by atoms with van der Waals surface area (Å²) in [6, 6.07) is 7.61. The van der Waals surface area contributed by atoms with E-state index in [1.54, 1.807) is 19.8 Å². The van der Waals surface area contributed by atoms with Crippen molar-refractivity contribution in [1.29, 1.82) is 0 Å². The highest BCUT2D eigenvalue weighted by Gasteiger charge is 2.24. The van der Waals surface area contributed by atoms with E-state index in [9.17, 15) is 4.79 Å². The molecule has 0 radical (unpaired) electrons. The molecule has 1 atom stereocenters. The summed E-state index contributed by atoms with van der Waals surface area (Å²) >= 11 is 0. The van der Waals surface area contributed by atoms with Crippen LogP contribution >= 0.6 is 0 Å². The van der Waals surface area contributed by atoms with E-state index in [0.29, 0.717) is 25.5 Å². The van der Waals surface area contributed by atoms with Crippen LogP contribution in [0.4, 0.5) is 0 Å². The smallest absolute Gasteiger partial charge is 0.224 e. The predicted octanol–water partition coefficient (Wildman–Crippen LogP) is 1.99. The van der Waals surface area contributed by atoms with Gasteiger partial charge in [0.05, 0.1) is 13.7 Å². The maximum atomic E-state index is 12.4. The van der Waals surface area contributed by atoms with Crippen LogP contribution in [-0.2, 0) is 11.3 Å². The minimum atomic E-state index is 0.180. The third-order valence-electron chi connectivity index (χ3n) is 4.45. The SMILES string of the molecule is COc1cccc(OCC2CCCN(C(=O)CCn3cnnc3)C2)c1. The molecule has 2 heterocycles. The Morgan fingerprint density at radius 2 is 2.08 bits per heavy atom. The Labute approximate surface area is 147 Å². The van der Waals surface area contributed by atoms with Gasteiger partial charge in [-0.1, -0.05) is 6.07 Å². The van der Waals surface area contributed by atoms with Crippen LogP contribution < -0.4 is 9.47 Å². The normalized spacial score (nSPS) is 17.3. The van der Waals surface area contributed by atoms with Crippen molar-refractivity contribution in [2.75, 3.05) is 26.8 Å². The molecule has 7 heteroatoms. The molecular weight excluding hydrogens is 320 g/mol. The van der Waals surface area contributed by atoms with Gasteiger partial charge < -0.3 is 18.9 Å². The number of aromatic nitrogens is 3. The Morgan fingerprint density at radius 3 is 2.88 bits per heavy atom. The van der Waals surface area contributed by atoms with Gasteiger partial charge in [0, 0.05) is 38.0 Å². The van der Waals surface area contributed by atoms with Crippen LogP contribution in [0.3, 0.4) is 0 Å². The molecule has 1 aromatic carbocycles. The van der Waals surface area contributed by atoms with E-state index < -0.39 is 0 Å². The fourth-order valence-electron chi connectivity index (χ4n) is 3.05. The molecule has 0 saturated carbocycles. The number of ether oxygens (including phenoxy) is 2. The van der Waals surface area contributed by atoms with Crippen molar-refractivity contribution in [2.24, 2.45) is 5.92 Å². The Bertz CT molecular complexity index is 675. The van der Waals surface area contributed by atoms with Crippen LogP contribution in [-0.4, -0.2) is 52.4 Å². The molecular formula is C18H24N4O3. The Morgan fingerprint density at radius 1 is 1.28 bits per heavy atom. The second kappa shape index (κ2) is 8.50. The minimum absolute atomic E-state index is 0.180. The van der Waals surface area contributed by atoms with Crippen molar-refractivity contribution < 1.29 is 14.3 Å². The topological polar surface area (TPSA) is 69.5 Å². The number of aryl methyl sites for hydroxylation is 1. The van der Waals surface area contributed by atoms with Crippen LogP contribution in [0.1, 0.15) is 19.3 Å². The van der Waals surface area contributed by atoms with Gasteiger partial charge in [-0.2, -0.15) is 0 Å². The summed E-state index contributed by atoms with van der Waals surface area (Å²) in [6.07, 6.45) is 5.84. The molecule has 0 N–H and O–H groups in total. The quantitative estimate of drug-likeness (QED) is 0.768. The van der Waals surface area contributed by atoms with Gasteiger partial charge in [0.15, 0.2) is 0 Å². The molecule has 0 bridgehead atoms. The summed E-state index contributed by atoms with van der Waals surface area (Å²) in [5.41, 5.74) is 0. The molecule has 1 amide bonds. The number of likely N-dealkylation sites (tertiary alicyclic amines) is 1. The minimum Gasteiger partial charge on any atom is -0.497 e. The van der Waals surface area contributed by atoms with Crippen LogP contribution in [0, 0.1) is 5.92 Å². The Kier molecular flexibility index (Phi) is 5.87. The Balaban J connectivity index is 1.46. The second-order valence-electron chi connectivity index (χ2n) is 6.29. The monoisotopic (exact) mass is 344 g/mol. The molecule has 1 aromatic heterocycles. The first-order chi connectivity index (χ1) is 12.2. The number of methoxy groups -OCH3 is 1. The number of nitrogens with zero attached hydrogens (tertiary/aromatic N) is 4. The summed E-state index contributed by atoms with van der Waals surface area (Å²) in [4.78, 5) is 14.4. The van der Waals surface area contributed by atoms with E-state index in [-0.39, 0.29) is 5.91 Å². The van der Waals surface area contributed by atoms with Gasteiger partial charge in [-0.3, -0.25) is 4.79 Å². The van der Waals surface area contributed by atoms with Gasteiger partial charge >= 0.3 is 0 Å². The molecule has 0 spiro atoms. The molecule has 0 aliphatic carbocycles. The Hall–Kier alpha value is -2.57. The summed E-state index contributed by atoms with van der Waals surface area (Å²) in [7, 11) is 1.64. The van der Waals surface area contributed by atoms with Crippen molar-refractivity contribution >= 4 is 5.91 Å². The first-order valence-corrected chi connectivity index (χ1v) is 8.61. The fourth-order valence-corrected chi connectivity index (χ4v) is 3.05.